The van der Waals surface area contributed by atoms with E-state index in [9.17, 15) is 0 Å². The molecular weight excluding hydrogens is 332 g/mol. The highest BCUT2D eigenvalue weighted by Gasteiger charge is 2.15. The summed E-state index contributed by atoms with van der Waals surface area (Å²) >= 11 is 0. The lowest BCUT2D eigenvalue weighted by molar-refractivity contribution is 1.07. The number of hydrogen-bond acceptors (Lipinski definition) is 3. The summed E-state index contributed by atoms with van der Waals surface area (Å²) in [5.74, 6) is 0.753. The van der Waals surface area contributed by atoms with Gasteiger partial charge >= 0.3 is 0 Å². The first kappa shape index (κ1) is 17.2. The van der Waals surface area contributed by atoms with Gasteiger partial charge < -0.3 is 0 Å². The molecule has 0 amide bonds. The molecule has 2 aromatic heterocycles. The van der Waals surface area contributed by atoms with Gasteiger partial charge in [-0.1, -0.05) is 61.0 Å². The van der Waals surface area contributed by atoms with E-state index in [1.54, 1.807) is 0 Å². The van der Waals surface area contributed by atoms with Gasteiger partial charge in [-0.05, 0) is 43.5 Å². The topological polar surface area (TPSA) is 42.0 Å². The molecule has 0 bridgehead atoms. The smallest absolute Gasteiger partial charge is 0.187 e. The fraction of sp³-hybridized carbons (Fsp3) is 0.174. The van der Waals surface area contributed by atoms with Crippen LogP contribution in [0.15, 0.2) is 77.1 Å². The minimum absolute atomic E-state index is 0.753. The van der Waals surface area contributed by atoms with E-state index >= 15 is 0 Å². The highest BCUT2D eigenvalue weighted by Crippen LogP contribution is 2.33. The maximum absolute atomic E-state index is 4.88. The number of pyridine rings is 1. The van der Waals surface area contributed by atoms with E-state index in [2.05, 4.69) is 67.4 Å². The van der Waals surface area contributed by atoms with E-state index in [0.29, 0.717) is 0 Å². The molecule has 4 heteroatoms. The van der Waals surface area contributed by atoms with E-state index in [1.165, 1.54) is 11.1 Å². The number of fused-ring (bicyclic) bond motifs is 1. The molecule has 0 unspecified atom stereocenters. The molecule has 0 aliphatic carbocycles. The van der Waals surface area contributed by atoms with Crippen molar-refractivity contribution in [1.82, 2.24) is 9.38 Å². The first-order valence-corrected chi connectivity index (χ1v) is 9.21. The van der Waals surface area contributed by atoms with Crippen LogP contribution in [0.25, 0.3) is 16.9 Å². The van der Waals surface area contributed by atoms with Crippen LogP contribution in [0, 0.1) is 13.8 Å². The molecule has 4 aromatic rings. The number of azo groups is 1. The molecule has 0 saturated heterocycles. The highest BCUT2D eigenvalue weighted by atomic mass is 15.2. The molecule has 134 valence electrons. The van der Waals surface area contributed by atoms with Gasteiger partial charge in [0.25, 0.3) is 0 Å². The van der Waals surface area contributed by atoms with Crippen molar-refractivity contribution in [3.8, 4) is 11.3 Å². The number of nitrogens with zero attached hydrogens (tertiary/aromatic N) is 4. The van der Waals surface area contributed by atoms with Crippen molar-refractivity contribution in [2.24, 2.45) is 10.2 Å². The van der Waals surface area contributed by atoms with Gasteiger partial charge in [0.05, 0.1) is 5.69 Å². The first-order valence-electron chi connectivity index (χ1n) is 9.21. The van der Waals surface area contributed by atoms with Crippen molar-refractivity contribution in [2.75, 3.05) is 0 Å². The van der Waals surface area contributed by atoms with Crippen LogP contribution < -0.4 is 0 Å². The Hall–Kier alpha value is -3.27. The molecule has 0 spiro atoms. The van der Waals surface area contributed by atoms with Gasteiger partial charge in [0, 0.05) is 11.8 Å². The quantitative estimate of drug-likeness (QED) is 0.381. The van der Waals surface area contributed by atoms with Crippen LogP contribution in [0.5, 0.6) is 0 Å². The molecule has 0 aliphatic rings. The average Bonchev–Trinajstić information content (AvgIpc) is 3.07. The van der Waals surface area contributed by atoms with E-state index < -0.39 is 0 Å². The minimum Gasteiger partial charge on any atom is -0.282 e. The molecular formula is C23H22N4. The second-order valence-electron chi connectivity index (χ2n) is 6.72. The monoisotopic (exact) mass is 354 g/mol. The van der Waals surface area contributed by atoms with Gasteiger partial charge in [-0.25, -0.2) is 4.98 Å². The lowest BCUT2D eigenvalue weighted by atomic mass is 10.1. The number of aryl methyl sites for hydroxylation is 3. The predicted molar refractivity (Wildman–Crippen MR) is 110 cm³/mol. The van der Waals surface area contributed by atoms with Gasteiger partial charge in [-0.15, -0.1) is 10.2 Å². The summed E-state index contributed by atoms with van der Waals surface area (Å²) in [5.41, 5.74) is 7.22. The zero-order chi connectivity index (χ0) is 18.8. The Kier molecular flexibility index (Phi) is 4.55. The van der Waals surface area contributed by atoms with Crippen molar-refractivity contribution in [3.05, 3.63) is 83.6 Å². The molecule has 0 N–H and O–H groups in total. The van der Waals surface area contributed by atoms with Crippen LogP contribution in [0.1, 0.15) is 23.6 Å². The normalized spacial score (nSPS) is 11.5. The maximum Gasteiger partial charge on any atom is 0.187 e. The van der Waals surface area contributed by atoms with Crippen molar-refractivity contribution >= 4 is 17.2 Å². The van der Waals surface area contributed by atoms with Crippen LogP contribution in [0.3, 0.4) is 0 Å². The molecule has 0 radical (unpaired) electrons. The fourth-order valence-corrected chi connectivity index (χ4v) is 3.20. The number of rotatable bonds is 4. The van der Waals surface area contributed by atoms with Gasteiger partial charge in [0.15, 0.2) is 5.82 Å². The molecule has 0 fully saturated rings. The van der Waals surface area contributed by atoms with Gasteiger partial charge in [-0.2, -0.15) is 0 Å². The Morgan fingerprint density at radius 2 is 1.67 bits per heavy atom. The minimum atomic E-state index is 0.753. The third-order valence-electron chi connectivity index (χ3n) is 4.77. The Labute approximate surface area is 159 Å². The summed E-state index contributed by atoms with van der Waals surface area (Å²) in [7, 11) is 0. The Morgan fingerprint density at radius 3 is 2.44 bits per heavy atom. The lowest BCUT2D eigenvalue weighted by Crippen LogP contribution is -1.85. The summed E-state index contributed by atoms with van der Waals surface area (Å²) in [5, 5.41) is 9.21. The fourth-order valence-electron chi connectivity index (χ4n) is 3.20. The second kappa shape index (κ2) is 7.16. The van der Waals surface area contributed by atoms with Crippen LogP contribution >= 0.6 is 0 Å². The first-order chi connectivity index (χ1) is 13.2. The van der Waals surface area contributed by atoms with Crippen molar-refractivity contribution in [2.45, 2.75) is 27.2 Å². The molecule has 27 heavy (non-hydrogen) atoms. The number of imidazole rings is 1. The summed E-state index contributed by atoms with van der Waals surface area (Å²) in [4.78, 5) is 4.88. The van der Waals surface area contributed by atoms with Crippen LogP contribution in [0.4, 0.5) is 11.5 Å². The standard InChI is InChI=1S/C23H22N4/c1-4-18-9-5-6-10-20(18)25-26-23-21(19-13-11-16(2)12-14-19)24-22-17(3)8-7-15-27(22)23/h5-15H,4H2,1-3H3. The third kappa shape index (κ3) is 3.26. The van der Waals surface area contributed by atoms with Gasteiger partial charge in [0.1, 0.15) is 11.3 Å². The van der Waals surface area contributed by atoms with E-state index in [1.807, 2.05) is 34.9 Å². The summed E-state index contributed by atoms with van der Waals surface area (Å²) in [6.07, 6.45) is 2.92. The number of aromatic nitrogens is 2. The predicted octanol–water partition coefficient (Wildman–Crippen LogP) is 6.60. The number of benzene rings is 2. The van der Waals surface area contributed by atoms with E-state index in [-0.39, 0.29) is 0 Å². The largest absolute Gasteiger partial charge is 0.282 e. The molecule has 2 aromatic carbocycles. The zero-order valence-electron chi connectivity index (χ0n) is 15.8. The molecule has 4 nitrogen and oxygen atoms in total. The van der Waals surface area contributed by atoms with Crippen LogP contribution in [0.2, 0.25) is 0 Å². The third-order valence-corrected chi connectivity index (χ3v) is 4.77. The Balaban J connectivity index is 1.90. The van der Waals surface area contributed by atoms with E-state index in [0.717, 1.165) is 40.4 Å². The average molecular weight is 354 g/mol. The molecule has 2 heterocycles. The van der Waals surface area contributed by atoms with Crippen molar-refractivity contribution < 1.29 is 0 Å². The molecule has 4 rings (SSSR count). The SMILES string of the molecule is CCc1ccccc1N=Nc1c(-c2ccc(C)cc2)nc2c(C)cccn12. The maximum atomic E-state index is 4.88. The van der Waals surface area contributed by atoms with Gasteiger partial charge in [-0.3, -0.25) is 4.40 Å². The summed E-state index contributed by atoms with van der Waals surface area (Å²) < 4.78 is 2.02. The second-order valence-corrected chi connectivity index (χ2v) is 6.72. The van der Waals surface area contributed by atoms with Crippen LogP contribution in [-0.4, -0.2) is 9.38 Å². The molecule has 0 saturated carbocycles. The lowest BCUT2D eigenvalue weighted by Gasteiger charge is -2.03. The van der Waals surface area contributed by atoms with Crippen molar-refractivity contribution in [3.63, 3.8) is 0 Å². The zero-order valence-corrected chi connectivity index (χ0v) is 15.8. The highest BCUT2D eigenvalue weighted by molar-refractivity contribution is 5.75. The Bertz CT molecular complexity index is 1120. The van der Waals surface area contributed by atoms with Gasteiger partial charge in [0.2, 0.25) is 0 Å². The Morgan fingerprint density at radius 1 is 0.889 bits per heavy atom. The summed E-state index contributed by atoms with van der Waals surface area (Å²) in [6, 6.07) is 20.6. The summed E-state index contributed by atoms with van der Waals surface area (Å²) in [6.45, 7) is 6.28. The molecule has 0 aliphatic heterocycles. The van der Waals surface area contributed by atoms with E-state index in [4.69, 9.17) is 4.98 Å². The number of hydrogen-bond donors (Lipinski definition) is 0. The molecule has 0 atom stereocenters. The van der Waals surface area contributed by atoms with Crippen LogP contribution in [-0.2, 0) is 6.42 Å². The van der Waals surface area contributed by atoms with Crippen molar-refractivity contribution in [1.29, 1.82) is 0 Å².